The van der Waals surface area contributed by atoms with Gasteiger partial charge in [-0.2, -0.15) is 0 Å². The molecule has 0 fully saturated rings. The molecule has 1 atom stereocenters. The summed E-state index contributed by atoms with van der Waals surface area (Å²) in [6.45, 7) is 0.651. The van der Waals surface area contributed by atoms with Crippen molar-refractivity contribution >= 4 is 23.3 Å². The number of carbonyl (C=O) groups excluding carboxylic acids is 2. The zero-order chi connectivity index (χ0) is 21.0. The Morgan fingerprint density at radius 2 is 1.86 bits per heavy atom. The number of likely N-dealkylation sites (N-methyl/N-ethyl adjacent to an activating group) is 1. The van der Waals surface area contributed by atoms with Crippen LogP contribution in [0.5, 0.6) is 0 Å². The predicted molar refractivity (Wildman–Crippen MR) is 108 cm³/mol. The number of para-hydroxylation sites is 1. The topological polar surface area (TPSA) is 93.0 Å². The summed E-state index contributed by atoms with van der Waals surface area (Å²) in [5, 5.41) is 10.8. The third-order valence-corrected chi connectivity index (χ3v) is 4.71. The van der Waals surface area contributed by atoms with Crippen molar-refractivity contribution in [2.45, 2.75) is 18.9 Å². The summed E-state index contributed by atoms with van der Waals surface area (Å²) in [7, 11) is 3.60. The standard InChI is InChI=1S/C21H23N3O5/c1-22(2)14-20(25)29-19-8-5-13-23(18-7-4-3-6-17(18)19)21(26)15-9-11-16(12-10-15)24(27)28/h3-4,6-7,9-12,19H,5,8,13-14H2,1-2H3. The Bertz CT molecular complexity index is 911. The molecule has 0 spiro atoms. The van der Waals surface area contributed by atoms with Crippen molar-refractivity contribution in [1.29, 1.82) is 0 Å². The summed E-state index contributed by atoms with van der Waals surface area (Å²) in [6.07, 6.45) is 0.849. The zero-order valence-electron chi connectivity index (χ0n) is 16.4. The molecule has 0 radical (unpaired) electrons. The van der Waals surface area contributed by atoms with Crippen molar-refractivity contribution in [2.24, 2.45) is 0 Å². The maximum Gasteiger partial charge on any atom is 0.320 e. The molecular formula is C21H23N3O5. The minimum absolute atomic E-state index is 0.0642. The molecule has 0 bridgehead atoms. The molecule has 1 aliphatic rings. The molecule has 2 aromatic rings. The van der Waals surface area contributed by atoms with Gasteiger partial charge < -0.3 is 9.64 Å². The number of nitrogens with zero attached hydrogens (tertiary/aromatic N) is 3. The van der Waals surface area contributed by atoms with E-state index in [0.717, 1.165) is 5.56 Å². The van der Waals surface area contributed by atoms with Gasteiger partial charge in [-0.25, -0.2) is 0 Å². The van der Waals surface area contributed by atoms with Gasteiger partial charge in [-0.1, -0.05) is 18.2 Å². The number of nitro benzene ring substituents is 1. The second-order valence-corrected chi connectivity index (χ2v) is 7.18. The largest absolute Gasteiger partial charge is 0.456 e. The average Bonchev–Trinajstić information content (AvgIpc) is 2.87. The van der Waals surface area contributed by atoms with Crippen LogP contribution in [0.4, 0.5) is 11.4 Å². The second kappa shape index (κ2) is 8.83. The number of hydrogen-bond acceptors (Lipinski definition) is 6. The number of non-ortho nitro benzene ring substituents is 1. The Kier molecular flexibility index (Phi) is 6.23. The Labute approximate surface area is 168 Å². The minimum Gasteiger partial charge on any atom is -0.456 e. The number of nitro groups is 1. The van der Waals surface area contributed by atoms with Crippen molar-refractivity contribution in [2.75, 3.05) is 32.1 Å². The molecule has 3 rings (SSSR count). The Morgan fingerprint density at radius 3 is 2.52 bits per heavy atom. The van der Waals surface area contributed by atoms with E-state index in [1.54, 1.807) is 23.9 Å². The van der Waals surface area contributed by atoms with Crippen molar-refractivity contribution in [3.05, 3.63) is 69.8 Å². The Morgan fingerprint density at radius 1 is 1.17 bits per heavy atom. The molecule has 1 unspecified atom stereocenters. The van der Waals surface area contributed by atoms with Crippen molar-refractivity contribution < 1.29 is 19.2 Å². The van der Waals surface area contributed by atoms with E-state index >= 15 is 0 Å². The van der Waals surface area contributed by atoms with Gasteiger partial charge in [0.2, 0.25) is 0 Å². The fourth-order valence-corrected chi connectivity index (χ4v) is 3.39. The van der Waals surface area contributed by atoms with E-state index in [-0.39, 0.29) is 24.1 Å². The molecule has 8 heteroatoms. The molecule has 1 aliphatic heterocycles. The molecule has 0 saturated heterocycles. The Hall–Kier alpha value is -3.26. The first kappa shape index (κ1) is 20.5. The summed E-state index contributed by atoms with van der Waals surface area (Å²) in [4.78, 5) is 39.0. The van der Waals surface area contributed by atoms with Crippen molar-refractivity contribution in [3.63, 3.8) is 0 Å². The first-order chi connectivity index (χ1) is 13.9. The molecule has 0 saturated carbocycles. The van der Waals surface area contributed by atoms with Crippen LogP contribution in [-0.2, 0) is 9.53 Å². The van der Waals surface area contributed by atoms with Crippen LogP contribution in [0.15, 0.2) is 48.5 Å². The number of ether oxygens (including phenoxy) is 1. The van der Waals surface area contributed by atoms with E-state index in [9.17, 15) is 19.7 Å². The molecule has 0 N–H and O–H groups in total. The van der Waals surface area contributed by atoms with Crippen molar-refractivity contribution in [3.8, 4) is 0 Å². The smallest absolute Gasteiger partial charge is 0.320 e. The van der Waals surface area contributed by atoms with Gasteiger partial charge in [-0.05, 0) is 45.1 Å². The van der Waals surface area contributed by atoms with Crippen molar-refractivity contribution in [1.82, 2.24) is 4.90 Å². The van der Waals surface area contributed by atoms with Crippen LogP contribution >= 0.6 is 0 Å². The number of carbonyl (C=O) groups is 2. The first-order valence-electron chi connectivity index (χ1n) is 9.36. The van der Waals surface area contributed by atoms with E-state index in [4.69, 9.17) is 4.74 Å². The lowest BCUT2D eigenvalue weighted by molar-refractivity contribution is -0.384. The summed E-state index contributed by atoms with van der Waals surface area (Å²) in [5.74, 6) is -0.558. The molecule has 0 aliphatic carbocycles. The highest BCUT2D eigenvalue weighted by Crippen LogP contribution is 2.36. The molecule has 29 heavy (non-hydrogen) atoms. The lowest BCUT2D eigenvalue weighted by Crippen LogP contribution is -2.31. The molecule has 0 aromatic heterocycles. The van der Waals surface area contributed by atoms with Gasteiger partial charge in [0.05, 0.1) is 17.2 Å². The number of esters is 1. The molecule has 1 heterocycles. The summed E-state index contributed by atoms with van der Waals surface area (Å²) in [6, 6.07) is 12.9. The number of rotatable bonds is 5. The first-order valence-corrected chi connectivity index (χ1v) is 9.36. The van der Waals surface area contributed by atoms with Crippen LogP contribution in [0.3, 0.4) is 0 Å². The molecule has 1 amide bonds. The van der Waals surface area contributed by atoms with Crippen LogP contribution in [0.25, 0.3) is 0 Å². The fourth-order valence-electron chi connectivity index (χ4n) is 3.39. The SMILES string of the molecule is CN(C)CC(=O)OC1CCCN(C(=O)c2ccc([N+](=O)[O-])cc2)c2ccccc21. The predicted octanol–water partition coefficient (Wildman–Crippen LogP) is 3.18. The maximum atomic E-state index is 13.1. The van der Waals surface area contributed by atoms with Gasteiger partial charge in [-0.15, -0.1) is 0 Å². The van der Waals surface area contributed by atoms with Crippen LogP contribution in [0.2, 0.25) is 0 Å². The van der Waals surface area contributed by atoms with Gasteiger partial charge in [0.1, 0.15) is 6.10 Å². The van der Waals surface area contributed by atoms with Crippen LogP contribution in [-0.4, -0.2) is 48.9 Å². The number of benzene rings is 2. The third kappa shape index (κ3) is 4.78. The van der Waals surface area contributed by atoms with Gasteiger partial charge in [0.25, 0.3) is 11.6 Å². The summed E-state index contributed by atoms with van der Waals surface area (Å²) >= 11 is 0. The van der Waals surface area contributed by atoms with E-state index < -0.39 is 11.0 Å². The highest BCUT2D eigenvalue weighted by Gasteiger charge is 2.29. The minimum atomic E-state index is -0.498. The lowest BCUT2D eigenvalue weighted by Gasteiger charge is -2.24. The van der Waals surface area contributed by atoms with Gasteiger partial charge in [-0.3, -0.25) is 24.6 Å². The highest BCUT2D eigenvalue weighted by molar-refractivity contribution is 6.06. The normalized spacial score (nSPS) is 16.1. The fraction of sp³-hybridized carbons (Fsp3) is 0.333. The second-order valence-electron chi connectivity index (χ2n) is 7.18. The molecule has 8 nitrogen and oxygen atoms in total. The Balaban J connectivity index is 1.87. The average molecular weight is 397 g/mol. The number of anilines is 1. The molecular weight excluding hydrogens is 374 g/mol. The summed E-state index contributed by atoms with van der Waals surface area (Å²) in [5.41, 5.74) is 1.78. The third-order valence-electron chi connectivity index (χ3n) is 4.71. The van der Waals surface area contributed by atoms with Gasteiger partial charge in [0.15, 0.2) is 0 Å². The number of fused-ring (bicyclic) bond motifs is 1. The summed E-state index contributed by atoms with van der Waals surface area (Å²) < 4.78 is 5.69. The molecule has 2 aromatic carbocycles. The molecule has 152 valence electrons. The quantitative estimate of drug-likeness (QED) is 0.437. The number of amides is 1. The van der Waals surface area contributed by atoms with Gasteiger partial charge in [0, 0.05) is 29.8 Å². The lowest BCUT2D eigenvalue weighted by atomic mass is 10.0. The van der Waals surface area contributed by atoms with Crippen LogP contribution in [0.1, 0.15) is 34.9 Å². The van der Waals surface area contributed by atoms with Gasteiger partial charge >= 0.3 is 5.97 Å². The van der Waals surface area contributed by atoms with E-state index in [0.29, 0.717) is 30.6 Å². The van der Waals surface area contributed by atoms with E-state index in [2.05, 4.69) is 0 Å². The zero-order valence-corrected chi connectivity index (χ0v) is 16.4. The maximum absolute atomic E-state index is 13.1. The number of hydrogen-bond donors (Lipinski definition) is 0. The monoisotopic (exact) mass is 397 g/mol. The van der Waals surface area contributed by atoms with Crippen LogP contribution < -0.4 is 4.90 Å². The van der Waals surface area contributed by atoms with E-state index in [1.807, 2.05) is 24.3 Å². The van der Waals surface area contributed by atoms with E-state index in [1.165, 1.54) is 24.3 Å². The highest BCUT2D eigenvalue weighted by atomic mass is 16.6. The van der Waals surface area contributed by atoms with Crippen LogP contribution in [0, 0.1) is 10.1 Å².